The summed E-state index contributed by atoms with van der Waals surface area (Å²) in [6.07, 6.45) is 2.35. The average molecular weight is 562 g/mol. The first-order chi connectivity index (χ1) is 20.1. The van der Waals surface area contributed by atoms with E-state index < -0.39 is 0 Å². The minimum Gasteiger partial charge on any atom is -0.486 e. The Morgan fingerprint density at radius 1 is 0.927 bits per heavy atom. The van der Waals surface area contributed by atoms with Crippen molar-refractivity contribution >= 4 is 11.3 Å². The van der Waals surface area contributed by atoms with Crippen molar-refractivity contribution in [3.63, 3.8) is 0 Å². The van der Waals surface area contributed by atoms with Gasteiger partial charge in [-0.2, -0.15) is 0 Å². The molecule has 6 rings (SSSR count). The molecule has 41 heavy (non-hydrogen) atoms. The molecule has 0 aliphatic rings. The third-order valence-corrected chi connectivity index (χ3v) is 7.60. The maximum Gasteiger partial charge on any atom is 0.262 e. The molecule has 0 bridgehead atoms. The van der Waals surface area contributed by atoms with Crippen LogP contribution >= 0.6 is 11.3 Å². The lowest BCUT2D eigenvalue weighted by Gasteiger charge is -2.17. The van der Waals surface area contributed by atoms with Crippen molar-refractivity contribution < 1.29 is 9.15 Å². The highest BCUT2D eigenvalue weighted by molar-refractivity contribution is 7.14. The highest BCUT2D eigenvalue weighted by atomic mass is 32.1. The molecule has 6 aromatic rings. The van der Waals surface area contributed by atoms with E-state index in [1.54, 1.807) is 17.7 Å². The molecule has 2 aromatic carbocycles. The molecule has 0 spiro atoms. The van der Waals surface area contributed by atoms with Gasteiger partial charge in [-0.1, -0.05) is 60.7 Å². The van der Waals surface area contributed by atoms with Gasteiger partial charge in [-0.3, -0.25) is 9.36 Å². The first kappa shape index (κ1) is 26.3. The molecule has 0 saturated heterocycles. The number of ether oxygens (including phenoxy) is 1. The molecule has 0 fully saturated rings. The fourth-order valence-electron chi connectivity index (χ4n) is 4.62. The van der Waals surface area contributed by atoms with Crippen LogP contribution in [0.2, 0.25) is 0 Å². The quantitative estimate of drug-likeness (QED) is 0.198. The monoisotopic (exact) mass is 561 g/mol. The maximum absolute atomic E-state index is 14.3. The van der Waals surface area contributed by atoms with Gasteiger partial charge in [0.2, 0.25) is 11.8 Å². The molecule has 0 N–H and O–H groups in total. The second-order valence-electron chi connectivity index (χ2n) is 9.54. The molecule has 4 aromatic heterocycles. The summed E-state index contributed by atoms with van der Waals surface area (Å²) in [4.78, 5) is 24.6. The molecule has 9 heteroatoms. The van der Waals surface area contributed by atoms with E-state index in [9.17, 15) is 4.79 Å². The van der Waals surface area contributed by atoms with E-state index in [-0.39, 0.29) is 5.56 Å². The molecule has 0 amide bonds. The van der Waals surface area contributed by atoms with Crippen LogP contribution in [0.3, 0.4) is 0 Å². The van der Waals surface area contributed by atoms with Gasteiger partial charge in [-0.25, -0.2) is 9.97 Å². The van der Waals surface area contributed by atoms with Crippen LogP contribution in [0.15, 0.2) is 99.7 Å². The number of rotatable bonds is 9. The normalized spacial score (nSPS) is 11.1. The Labute approximate surface area is 241 Å². The Balaban J connectivity index is 1.43. The van der Waals surface area contributed by atoms with E-state index in [0.29, 0.717) is 59.9 Å². The van der Waals surface area contributed by atoms with Crippen molar-refractivity contribution in [1.82, 2.24) is 24.7 Å². The van der Waals surface area contributed by atoms with Gasteiger partial charge < -0.3 is 9.15 Å². The molecule has 0 radical (unpaired) electrons. The predicted molar refractivity (Wildman–Crippen MR) is 159 cm³/mol. The fraction of sp³-hybridized carbons (Fsp3) is 0.156. The SMILES string of the molecule is Cc1nnc(-c2csc(-c3c(C)nc(-c4ncccc4OCc4ccccc4)n(CCc4ccccc4)c3=O)c2)o1. The Kier molecular flexibility index (Phi) is 7.51. The van der Waals surface area contributed by atoms with E-state index in [4.69, 9.17) is 14.1 Å². The van der Waals surface area contributed by atoms with Gasteiger partial charge in [0.25, 0.3) is 5.56 Å². The molecular formula is C32H27N5O3S. The number of hydrogen-bond donors (Lipinski definition) is 0. The zero-order valence-electron chi connectivity index (χ0n) is 22.7. The van der Waals surface area contributed by atoms with E-state index in [2.05, 4.69) is 27.3 Å². The van der Waals surface area contributed by atoms with Crippen LogP contribution in [0, 0.1) is 13.8 Å². The molecule has 0 unspecified atom stereocenters. The van der Waals surface area contributed by atoms with Crippen molar-refractivity contribution in [2.75, 3.05) is 0 Å². The fourth-order valence-corrected chi connectivity index (χ4v) is 5.59. The van der Waals surface area contributed by atoms with Crippen LogP contribution in [0.5, 0.6) is 5.75 Å². The third kappa shape index (κ3) is 5.71. The van der Waals surface area contributed by atoms with Gasteiger partial charge in [0.15, 0.2) is 5.82 Å². The van der Waals surface area contributed by atoms with E-state index in [1.807, 2.05) is 79.0 Å². The van der Waals surface area contributed by atoms with Crippen molar-refractivity contribution in [3.05, 3.63) is 124 Å². The molecule has 204 valence electrons. The Hall–Kier alpha value is -4.89. The maximum atomic E-state index is 14.3. The van der Waals surface area contributed by atoms with Crippen LogP contribution in [0.25, 0.3) is 33.4 Å². The van der Waals surface area contributed by atoms with E-state index >= 15 is 0 Å². The number of pyridine rings is 1. The van der Waals surface area contributed by atoms with Crippen LogP contribution in [-0.4, -0.2) is 24.7 Å². The zero-order chi connectivity index (χ0) is 28.2. The van der Waals surface area contributed by atoms with Crippen molar-refractivity contribution in [2.45, 2.75) is 33.4 Å². The second-order valence-corrected chi connectivity index (χ2v) is 10.4. The molecule has 0 saturated carbocycles. The second kappa shape index (κ2) is 11.7. The average Bonchev–Trinajstić information content (AvgIpc) is 3.66. The summed E-state index contributed by atoms with van der Waals surface area (Å²) in [7, 11) is 0. The summed E-state index contributed by atoms with van der Waals surface area (Å²) in [6.45, 7) is 4.40. The van der Waals surface area contributed by atoms with E-state index in [0.717, 1.165) is 21.6 Å². The third-order valence-electron chi connectivity index (χ3n) is 6.66. The van der Waals surface area contributed by atoms with Crippen LogP contribution in [-0.2, 0) is 19.6 Å². The van der Waals surface area contributed by atoms with Crippen LogP contribution < -0.4 is 10.3 Å². The summed E-state index contributed by atoms with van der Waals surface area (Å²) < 4.78 is 13.5. The zero-order valence-corrected chi connectivity index (χ0v) is 23.5. The van der Waals surface area contributed by atoms with Crippen LogP contribution in [0.4, 0.5) is 0 Å². The Morgan fingerprint density at radius 2 is 1.68 bits per heavy atom. The largest absolute Gasteiger partial charge is 0.486 e. The summed E-state index contributed by atoms with van der Waals surface area (Å²) in [5.74, 6) is 1.94. The molecule has 0 aliphatic carbocycles. The van der Waals surface area contributed by atoms with Gasteiger partial charge in [-0.05, 0) is 42.7 Å². The summed E-state index contributed by atoms with van der Waals surface area (Å²) in [6, 6.07) is 25.6. The Bertz CT molecular complexity index is 1840. The molecule has 0 atom stereocenters. The first-order valence-corrected chi connectivity index (χ1v) is 14.1. The molecular weight excluding hydrogens is 534 g/mol. The number of aromatic nitrogens is 5. The number of benzene rings is 2. The highest BCUT2D eigenvalue weighted by Crippen LogP contribution is 2.33. The molecule has 0 aliphatic heterocycles. The lowest BCUT2D eigenvalue weighted by atomic mass is 10.1. The summed E-state index contributed by atoms with van der Waals surface area (Å²) in [5, 5.41) is 9.96. The lowest BCUT2D eigenvalue weighted by molar-refractivity contribution is 0.306. The topological polar surface area (TPSA) is 95.9 Å². The first-order valence-electron chi connectivity index (χ1n) is 13.2. The molecule has 4 heterocycles. The minimum absolute atomic E-state index is 0.141. The predicted octanol–water partition coefficient (Wildman–Crippen LogP) is 6.52. The van der Waals surface area contributed by atoms with Gasteiger partial charge in [0, 0.05) is 29.9 Å². The van der Waals surface area contributed by atoms with Crippen LogP contribution in [0.1, 0.15) is 22.7 Å². The van der Waals surface area contributed by atoms with Gasteiger partial charge in [-0.15, -0.1) is 21.5 Å². The van der Waals surface area contributed by atoms with Crippen molar-refractivity contribution in [2.24, 2.45) is 0 Å². The highest BCUT2D eigenvalue weighted by Gasteiger charge is 2.22. The molecule has 8 nitrogen and oxygen atoms in total. The number of hydrogen-bond acceptors (Lipinski definition) is 8. The number of aryl methyl sites for hydroxylation is 3. The van der Waals surface area contributed by atoms with E-state index in [1.165, 1.54) is 11.3 Å². The van der Waals surface area contributed by atoms with Crippen molar-refractivity contribution in [1.29, 1.82) is 0 Å². The van der Waals surface area contributed by atoms with Gasteiger partial charge >= 0.3 is 0 Å². The Morgan fingerprint density at radius 3 is 2.41 bits per heavy atom. The number of thiophene rings is 1. The summed E-state index contributed by atoms with van der Waals surface area (Å²) >= 11 is 1.45. The smallest absolute Gasteiger partial charge is 0.262 e. The summed E-state index contributed by atoms with van der Waals surface area (Å²) in [5.41, 5.74) is 4.46. The standard InChI is InChI=1S/C32H27N5O3S/c1-21-28(27-18-25(20-41-27)31-36-35-22(2)40-31)32(38)37(17-15-23-10-5-3-6-11-23)30(34-21)29-26(14-9-16-33-29)39-19-24-12-7-4-8-13-24/h3-14,16,18,20H,15,17,19H2,1-2H3. The van der Waals surface area contributed by atoms with Gasteiger partial charge in [0.1, 0.15) is 18.1 Å². The number of nitrogens with zero attached hydrogens (tertiary/aromatic N) is 5. The minimum atomic E-state index is -0.141. The van der Waals surface area contributed by atoms with Gasteiger partial charge in [0.05, 0.1) is 16.8 Å². The lowest BCUT2D eigenvalue weighted by Crippen LogP contribution is -2.27. The van der Waals surface area contributed by atoms with Crippen molar-refractivity contribution in [3.8, 4) is 39.2 Å².